The summed E-state index contributed by atoms with van der Waals surface area (Å²) in [5.41, 5.74) is -0.997. The maximum atomic E-state index is 12.5. The maximum absolute atomic E-state index is 12.5. The van der Waals surface area contributed by atoms with Crippen molar-refractivity contribution < 1.29 is 18.3 Å². The summed E-state index contributed by atoms with van der Waals surface area (Å²) >= 11 is 0. The van der Waals surface area contributed by atoms with E-state index in [2.05, 4.69) is 25.4 Å². The molecule has 0 bridgehead atoms. The first-order valence-electron chi connectivity index (χ1n) is 7.42. The molecule has 3 heterocycles. The zero-order chi connectivity index (χ0) is 18.0. The molecule has 1 unspecified atom stereocenters. The van der Waals surface area contributed by atoms with E-state index in [1.807, 2.05) is 0 Å². The Kier molecular flexibility index (Phi) is 4.63. The predicted molar refractivity (Wildman–Crippen MR) is 85.0 cm³/mol. The minimum Gasteiger partial charge on any atom is -0.493 e. The second kappa shape index (κ2) is 6.72. The number of hydrogen-bond acceptors (Lipinski definition) is 9. The summed E-state index contributed by atoms with van der Waals surface area (Å²) in [5.74, 6) is -0.423. The van der Waals surface area contributed by atoms with Crippen LogP contribution >= 0.6 is 0 Å². The molecule has 25 heavy (non-hydrogen) atoms. The third-order valence-electron chi connectivity index (χ3n) is 3.67. The van der Waals surface area contributed by atoms with Gasteiger partial charge in [0, 0.05) is 12.9 Å². The number of hydrogen-bond donors (Lipinski definition) is 2. The zero-order valence-electron chi connectivity index (χ0n) is 13.3. The van der Waals surface area contributed by atoms with Gasteiger partial charge in [-0.15, -0.1) is 20.4 Å². The molecule has 0 aliphatic carbocycles. The summed E-state index contributed by atoms with van der Waals surface area (Å²) in [6.07, 6.45) is 3.47. The number of azo groups is 1. The van der Waals surface area contributed by atoms with Crippen LogP contribution in [0.3, 0.4) is 0 Å². The number of ether oxygens (including phenoxy) is 1. The highest BCUT2D eigenvalue weighted by Crippen LogP contribution is 2.29. The third kappa shape index (κ3) is 3.74. The molecule has 0 spiro atoms. The van der Waals surface area contributed by atoms with Gasteiger partial charge in [0.25, 0.3) is 11.5 Å². The Labute approximate surface area is 142 Å². The fourth-order valence-electron chi connectivity index (χ4n) is 2.47. The Morgan fingerprint density at radius 2 is 2.28 bits per heavy atom. The van der Waals surface area contributed by atoms with E-state index in [1.54, 1.807) is 0 Å². The first-order chi connectivity index (χ1) is 11.9. The Balaban J connectivity index is 2.09. The second-order valence-electron chi connectivity index (χ2n) is 5.55. The topological polar surface area (TPSA) is 152 Å². The van der Waals surface area contributed by atoms with Crippen LogP contribution in [0.4, 0.5) is 11.6 Å². The van der Waals surface area contributed by atoms with Gasteiger partial charge in [0.05, 0.1) is 12.6 Å². The number of sulfone groups is 1. The predicted octanol–water partition coefficient (Wildman–Crippen LogP) is 0.670. The van der Waals surface area contributed by atoms with Gasteiger partial charge in [0.2, 0.25) is 5.88 Å². The fourth-order valence-corrected chi connectivity index (χ4v) is 3.22. The molecule has 2 N–H and O–H groups in total. The highest BCUT2D eigenvalue weighted by atomic mass is 32.2. The second-order valence-corrected chi connectivity index (χ2v) is 7.54. The number of aromatic nitrogens is 4. The Morgan fingerprint density at radius 1 is 1.48 bits per heavy atom. The molecule has 0 aromatic carbocycles. The van der Waals surface area contributed by atoms with E-state index in [9.17, 15) is 18.3 Å². The summed E-state index contributed by atoms with van der Waals surface area (Å²) in [6, 6.07) is 0.985. The van der Waals surface area contributed by atoms with Crippen LogP contribution in [0, 0.1) is 0 Å². The number of pyridine rings is 1. The van der Waals surface area contributed by atoms with Gasteiger partial charge in [-0.25, -0.2) is 8.42 Å². The Bertz CT molecular complexity index is 944. The van der Waals surface area contributed by atoms with Crippen molar-refractivity contribution in [3.63, 3.8) is 0 Å². The molecule has 1 aliphatic rings. The van der Waals surface area contributed by atoms with E-state index >= 15 is 0 Å². The lowest BCUT2D eigenvalue weighted by Gasteiger charge is -2.15. The standard InChI is InChI=1S/C13H16N6O5S/c1-25(22,23)10-5-9(16-18-13-14-7-15-17-13)11(20)19(12(10)21)6-8-3-2-4-24-8/h5,7-8,20H,2-4,6H2,1H3,(H,14,15,17). The number of rotatable bonds is 5. The summed E-state index contributed by atoms with van der Waals surface area (Å²) in [5, 5.41) is 25.0. The molecule has 3 rings (SSSR count). The molecule has 11 nitrogen and oxygen atoms in total. The number of nitrogens with zero attached hydrogens (tertiary/aromatic N) is 5. The minimum atomic E-state index is -3.82. The molecular weight excluding hydrogens is 352 g/mol. The van der Waals surface area contributed by atoms with Crippen LogP contribution < -0.4 is 5.56 Å². The highest BCUT2D eigenvalue weighted by Gasteiger charge is 2.24. The highest BCUT2D eigenvalue weighted by molar-refractivity contribution is 7.90. The van der Waals surface area contributed by atoms with Crippen LogP contribution in [0.2, 0.25) is 0 Å². The SMILES string of the molecule is CS(=O)(=O)c1cc(N=Nc2nnc[nH]2)c(O)n(CC2CCCO2)c1=O. The van der Waals surface area contributed by atoms with E-state index in [4.69, 9.17) is 4.74 Å². The van der Waals surface area contributed by atoms with Crippen molar-refractivity contribution in [2.45, 2.75) is 30.4 Å². The smallest absolute Gasteiger partial charge is 0.272 e. The average molecular weight is 368 g/mol. The summed E-state index contributed by atoms with van der Waals surface area (Å²) in [7, 11) is -3.82. The van der Waals surface area contributed by atoms with Crippen molar-refractivity contribution in [1.29, 1.82) is 0 Å². The van der Waals surface area contributed by atoms with Crippen molar-refractivity contribution in [1.82, 2.24) is 19.7 Å². The van der Waals surface area contributed by atoms with Gasteiger partial charge in [-0.3, -0.25) is 9.36 Å². The van der Waals surface area contributed by atoms with Crippen LogP contribution in [0.15, 0.2) is 32.3 Å². The van der Waals surface area contributed by atoms with E-state index in [1.165, 1.54) is 6.33 Å². The Morgan fingerprint density at radius 3 is 2.88 bits per heavy atom. The van der Waals surface area contributed by atoms with Crippen molar-refractivity contribution in [2.24, 2.45) is 10.2 Å². The molecule has 134 valence electrons. The molecule has 0 radical (unpaired) electrons. The van der Waals surface area contributed by atoms with Gasteiger partial charge >= 0.3 is 0 Å². The van der Waals surface area contributed by atoms with E-state index in [0.717, 1.165) is 23.3 Å². The fraction of sp³-hybridized carbons (Fsp3) is 0.462. The average Bonchev–Trinajstić information content (AvgIpc) is 3.23. The molecule has 0 saturated carbocycles. The van der Waals surface area contributed by atoms with Crippen molar-refractivity contribution in [2.75, 3.05) is 12.9 Å². The van der Waals surface area contributed by atoms with Gasteiger partial charge in [0.1, 0.15) is 16.9 Å². The van der Waals surface area contributed by atoms with Crippen molar-refractivity contribution in [3.05, 3.63) is 22.7 Å². The van der Waals surface area contributed by atoms with Crippen LogP contribution in [0.1, 0.15) is 12.8 Å². The van der Waals surface area contributed by atoms with E-state index in [0.29, 0.717) is 13.0 Å². The van der Waals surface area contributed by atoms with E-state index in [-0.39, 0.29) is 24.3 Å². The molecule has 2 aromatic rings. The summed E-state index contributed by atoms with van der Waals surface area (Å²) < 4.78 is 30.2. The number of H-pyrrole nitrogens is 1. The van der Waals surface area contributed by atoms with E-state index < -0.39 is 26.2 Å². The molecule has 0 amide bonds. The molecule has 1 atom stereocenters. The first kappa shape index (κ1) is 17.2. The number of aromatic amines is 1. The van der Waals surface area contributed by atoms with Gasteiger partial charge in [-0.2, -0.15) is 0 Å². The molecule has 1 saturated heterocycles. The molecule has 1 aliphatic heterocycles. The minimum absolute atomic E-state index is 0.0266. The van der Waals surface area contributed by atoms with Crippen LogP contribution in [-0.2, 0) is 21.1 Å². The van der Waals surface area contributed by atoms with Crippen LogP contribution in [0.5, 0.6) is 5.88 Å². The van der Waals surface area contributed by atoms with Gasteiger partial charge in [-0.05, 0) is 18.9 Å². The Hall–Kier alpha value is -2.60. The number of aromatic hydroxyl groups is 1. The first-order valence-corrected chi connectivity index (χ1v) is 9.31. The van der Waals surface area contributed by atoms with Gasteiger partial charge in [0.15, 0.2) is 9.84 Å². The largest absolute Gasteiger partial charge is 0.493 e. The van der Waals surface area contributed by atoms with Crippen molar-refractivity contribution in [3.8, 4) is 5.88 Å². The lowest BCUT2D eigenvalue weighted by atomic mass is 10.2. The van der Waals surface area contributed by atoms with Crippen molar-refractivity contribution >= 4 is 21.5 Å². The zero-order valence-corrected chi connectivity index (χ0v) is 14.1. The summed E-state index contributed by atoms with van der Waals surface area (Å²) in [6.45, 7) is 0.586. The molecular formula is C13H16N6O5S. The van der Waals surface area contributed by atoms with Crippen LogP contribution in [-0.4, -0.2) is 52.2 Å². The lowest BCUT2D eigenvalue weighted by molar-refractivity contribution is 0.0937. The molecule has 12 heteroatoms. The van der Waals surface area contributed by atoms with Crippen LogP contribution in [0.25, 0.3) is 0 Å². The lowest BCUT2D eigenvalue weighted by Crippen LogP contribution is -2.29. The molecule has 2 aromatic heterocycles. The van der Waals surface area contributed by atoms with Gasteiger partial charge in [-0.1, -0.05) is 0 Å². The summed E-state index contributed by atoms with van der Waals surface area (Å²) in [4.78, 5) is 14.6. The molecule has 1 fully saturated rings. The number of nitrogens with one attached hydrogen (secondary N) is 1. The normalized spacial score (nSPS) is 18.2. The van der Waals surface area contributed by atoms with Gasteiger partial charge < -0.3 is 14.8 Å². The third-order valence-corrected chi connectivity index (χ3v) is 4.77. The maximum Gasteiger partial charge on any atom is 0.272 e. The quantitative estimate of drug-likeness (QED) is 0.736. The monoisotopic (exact) mass is 368 g/mol.